The summed E-state index contributed by atoms with van der Waals surface area (Å²) < 4.78 is 6.90. The zero-order chi connectivity index (χ0) is 26.1. The van der Waals surface area contributed by atoms with Gasteiger partial charge in [0.1, 0.15) is 17.5 Å². The maximum atomic E-state index is 13.7. The van der Waals surface area contributed by atoms with Crippen LogP contribution in [0.15, 0.2) is 84.1 Å². The molecule has 1 aliphatic rings. The van der Waals surface area contributed by atoms with Gasteiger partial charge in [0.05, 0.1) is 23.3 Å². The van der Waals surface area contributed by atoms with Gasteiger partial charge in [0, 0.05) is 23.4 Å². The van der Waals surface area contributed by atoms with Crippen molar-refractivity contribution in [1.29, 1.82) is 0 Å². The monoisotopic (exact) mass is 498 g/mol. The number of hydrogen-bond acceptors (Lipinski definition) is 8. The first-order valence-corrected chi connectivity index (χ1v) is 11.3. The van der Waals surface area contributed by atoms with Gasteiger partial charge in [-0.1, -0.05) is 36.4 Å². The molecular weight excluding hydrogens is 476 g/mol. The summed E-state index contributed by atoms with van der Waals surface area (Å²) in [6, 6.07) is 18.9. The highest BCUT2D eigenvalue weighted by Gasteiger charge is 2.35. The van der Waals surface area contributed by atoms with E-state index in [-0.39, 0.29) is 17.3 Å². The third-order valence-corrected chi connectivity index (χ3v) is 5.95. The number of para-hydroxylation sites is 2. The van der Waals surface area contributed by atoms with Crippen LogP contribution in [-0.2, 0) is 4.79 Å². The second-order valence-electron chi connectivity index (χ2n) is 8.33. The number of anilines is 2. The Labute approximate surface area is 211 Å². The molecule has 0 saturated heterocycles. The predicted octanol–water partition coefficient (Wildman–Crippen LogP) is 4.50. The third-order valence-electron chi connectivity index (χ3n) is 5.95. The second-order valence-corrected chi connectivity index (χ2v) is 8.33. The third kappa shape index (κ3) is 4.45. The fraction of sp³-hybridized carbons (Fsp3) is 0.115. The maximum absolute atomic E-state index is 13.7. The van der Waals surface area contributed by atoms with Crippen LogP contribution in [0.3, 0.4) is 0 Å². The smallest absolute Gasteiger partial charge is 0.270 e. The summed E-state index contributed by atoms with van der Waals surface area (Å²) in [7, 11) is 1.52. The average Bonchev–Trinajstić information content (AvgIpc) is 3.31. The number of nitrogens with zero attached hydrogens (tertiary/aromatic N) is 4. The first-order valence-electron chi connectivity index (χ1n) is 11.3. The minimum atomic E-state index is -0.752. The van der Waals surface area contributed by atoms with Crippen molar-refractivity contribution in [3.05, 3.63) is 99.7 Å². The van der Waals surface area contributed by atoms with Crippen molar-refractivity contribution in [1.82, 2.24) is 14.8 Å². The summed E-state index contributed by atoms with van der Waals surface area (Å²) in [5, 5.41) is 32.1. The number of amides is 1. The van der Waals surface area contributed by atoms with Crippen molar-refractivity contribution in [2.75, 3.05) is 17.7 Å². The molecule has 1 unspecified atom stereocenters. The van der Waals surface area contributed by atoms with E-state index in [0.29, 0.717) is 39.8 Å². The summed E-state index contributed by atoms with van der Waals surface area (Å²) >= 11 is 0. The number of hydrogen-bond donors (Lipinski definition) is 3. The Morgan fingerprint density at radius 3 is 2.68 bits per heavy atom. The molecule has 1 atom stereocenters. The fourth-order valence-corrected chi connectivity index (χ4v) is 4.27. The lowest BCUT2D eigenvalue weighted by Crippen LogP contribution is -2.31. The Hall–Kier alpha value is -5.19. The number of carbonyl (C=O) groups is 1. The Balaban J connectivity index is 1.61. The number of fused-ring (bicyclic) bond motifs is 1. The predicted molar refractivity (Wildman–Crippen MR) is 136 cm³/mol. The highest BCUT2D eigenvalue weighted by molar-refractivity contribution is 6.06. The molecule has 3 N–H and O–H groups in total. The standard InChI is InChI=1S/C26H22N6O5/c1-15-22(25(34)28-20-11-3-4-12-21(20)37-2)23(16-7-6-10-19(33)14-16)31-26(27-15)29-24(30-31)17-8-5-9-18(13-17)32(35)36/h3-14,23,33H,1-2H3,(H,28,34)(H,27,29,30). The molecule has 0 spiro atoms. The second kappa shape index (κ2) is 9.46. The number of benzene rings is 3. The molecule has 2 heterocycles. The van der Waals surface area contributed by atoms with Gasteiger partial charge in [-0.2, -0.15) is 4.98 Å². The van der Waals surface area contributed by atoms with Crippen LogP contribution in [0.1, 0.15) is 18.5 Å². The Bertz CT molecular complexity index is 1560. The first-order chi connectivity index (χ1) is 17.9. The molecule has 0 aliphatic carbocycles. The van der Waals surface area contributed by atoms with Crippen molar-refractivity contribution in [2.45, 2.75) is 13.0 Å². The fourth-order valence-electron chi connectivity index (χ4n) is 4.27. The molecule has 1 aliphatic heterocycles. The molecular formula is C26H22N6O5. The van der Waals surface area contributed by atoms with Crippen molar-refractivity contribution in [3.63, 3.8) is 0 Å². The van der Waals surface area contributed by atoms with E-state index in [4.69, 9.17) is 4.74 Å². The molecule has 11 heteroatoms. The normalized spacial score (nSPS) is 14.5. The minimum absolute atomic E-state index is 0.0266. The number of rotatable bonds is 6. The SMILES string of the molecule is COc1ccccc1NC(=O)C1=C(C)Nc2nc(-c3cccc([N+](=O)[O-])c3)nn2C1c1cccc(O)c1. The van der Waals surface area contributed by atoms with Crippen LogP contribution < -0.4 is 15.4 Å². The van der Waals surface area contributed by atoms with E-state index in [2.05, 4.69) is 20.7 Å². The van der Waals surface area contributed by atoms with Gasteiger partial charge in [0.25, 0.3) is 11.6 Å². The summed E-state index contributed by atoms with van der Waals surface area (Å²) in [6.45, 7) is 1.75. The number of nitrogens with one attached hydrogen (secondary N) is 2. The number of phenols is 1. The van der Waals surface area contributed by atoms with Crippen molar-refractivity contribution < 1.29 is 19.6 Å². The van der Waals surface area contributed by atoms with Crippen molar-refractivity contribution in [2.24, 2.45) is 0 Å². The van der Waals surface area contributed by atoms with Gasteiger partial charge in [-0.05, 0) is 36.8 Å². The van der Waals surface area contributed by atoms with Crippen LogP contribution in [0.25, 0.3) is 11.4 Å². The number of ether oxygens (including phenoxy) is 1. The van der Waals surface area contributed by atoms with E-state index in [0.717, 1.165) is 0 Å². The number of phenolic OH excluding ortho intramolecular Hbond substituents is 1. The summed E-state index contributed by atoms with van der Waals surface area (Å²) in [5.74, 6) is 0.720. The van der Waals surface area contributed by atoms with Gasteiger partial charge in [-0.3, -0.25) is 14.9 Å². The highest BCUT2D eigenvalue weighted by atomic mass is 16.6. The lowest BCUT2D eigenvalue weighted by Gasteiger charge is -2.29. The van der Waals surface area contributed by atoms with E-state index < -0.39 is 16.9 Å². The van der Waals surface area contributed by atoms with Crippen LogP contribution in [0.4, 0.5) is 17.3 Å². The van der Waals surface area contributed by atoms with Crippen molar-refractivity contribution in [3.8, 4) is 22.9 Å². The largest absolute Gasteiger partial charge is 0.508 e. The van der Waals surface area contributed by atoms with E-state index in [1.54, 1.807) is 61.5 Å². The van der Waals surface area contributed by atoms with Gasteiger partial charge < -0.3 is 20.5 Å². The molecule has 0 bridgehead atoms. The van der Waals surface area contributed by atoms with Gasteiger partial charge >= 0.3 is 0 Å². The van der Waals surface area contributed by atoms with E-state index in [1.165, 1.54) is 30.0 Å². The van der Waals surface area contributed by atoms with Crippen molar-refractivity contribution >= 4 is 23.2 Å². The summed E-state index contributed by atoms with van der Waals surface area (Å²) in [5.41, 5.74) is 2.33. The van der Waals surface area contributed by atoms with Crippen LogP contribution in [0, 0.1) is 10.1 Å². The zero-order valence-electron chi connectivity index (χ0n) is 19.9. The number of allylic oxidation sites excluding steroid dienone is 1. The molecule has 5 rings (SSSR count). The molecule has 1 amide bonds. The molecule has 0 saturated carbocycles. The molecule has 11 nitrogen and oxygen atoms in total. The molecule has 37 heavy (non-hydrogen) atoms. The van der Waals surface area contributed by atoms with E-state index in [9.17, 15) is 20.0 Å². The van der Waals surface area contributed by atoms with Crippen LogP contribution >= 0.6 is 0 Å². The quantitative estimate of drug-likeness (QED) is 0.260. The summed E-state index contributed by atoms with van der Waals surface area (Å²) in [4.78, 5) is 29.0. The van der Waals surface area contributed by atoms with E-state index in [1.807, 2.05) is 0 Å². The summed E-state index contributed by atoms with van der Waals surface area (Å²) in [6.07, 6.45) is 0. The first kappa shape index (κ1) is 23.5. The number of aromatic nitrogens is 3. The van der Waals surface area contributed by atoms with E-state index >= 15 is 0 Å². The lowest BCUT2D eigenvalue weighted by atomic mass is 9.95. The number of nitro groups is 1. The van der Waals surface area contributed by atoms with Gasteiger partial charge in [0.2, 0.25) is 5.95 Å². The number of methoxy groups -OCH3 is 1. The lowest BCUT2D eigenvalue weighted by molar-refractivity contribution is -0.384. The van der Waals surface area contributed by atoms with Gasteiger partial charge in [-0.15, -0.1) is 5.10 Å². The molecule has 0 fully saturated rings. The van der Waals surface area contributed by atoms with Crippen LogP contribution in [0.2, 0.25) is 0 Å². The minimum Gasteiger partial charge on any atom is -0.508 e. The maximum Gasteiger partial charge on any atom is 0.270 e. The average molecular weight is 498 g/mol. The highest BCUT2D eigenvalue weighted by Crippen LogP contribution is 2.38. The number of non-ortho nitro benzene ring substituents is 1. The Morgan fingerprint density at radius 2 is 1.92 bits per heavy atom. The molecule has 0 radical (unpaired) electrons. The van der Waals surface area contributed by atoms with Gasteiger partial charge in [-0.25, -0.2) is 4.68 Å². The molecule has 4 aromatic rings. The Kier molecular flexibility index (Phi) is 6.02. The number of nitro benzene ring substituents is 1. The van der Waals surface area contributed by atoms with Crippen LogP contribution in [-0.4, -0.2) is 37.8 Å². The molecule has 3 aromatic carbocycles. The number of aromatic hydroxyl groups is 1. The topological polar surface area (TPSA) is 144 Å². The van der Waals surface area contributed by atoms with Crippen LogP contribution in [0.5, 0.6) is 11.5 Å². The molecule has 1 aromatic heterocycles. The number of carbonyl (C=O) groups excluding carboxylic acids is 1. The van der Waals surface area contributed by atoms with Gasteiger partial charge in [0.15, 0.2) is 5.82 Å². The zero-order valence-corrected chi connectivity index (χ0v) is 19.9. The Morgan fingerprint density at radius 1 is 1.14 bits per heavy atom. The molecule has 186 valence electrons.